The monoisotopic (exact) mass is 234 g/mol. The van der Waals surface area contributed by atoms with Crippen LogP contribution in [0.5, 0.6) is 0 Å². The fourth-order valence-electron chi connectivity index (χ4n) is 2.00. The number of rotatable bonds is 2. The maximum absolute atomic E-state index is 13.5. The third-order valence-electron chi connectivity index (χ3n) is 2.97. The van der Waals surface area contributed by atoms with E-state index >= 15 is 0 Å². The van der Waals surface area contributed by atoms with Gasteiger partial charge in [0.1, 0.15) is 17.7 Å². The Kier molecular flexibility index (Phi) is 3.03. The lowest BCUT2D eigenvalue weighted by atomic mass is 9.98. The van der Waals surface area contributed by atoms with Crippen LogP contribution in [0.25, 0.3) is 0 Å². The Bertz CT molecular complexity index is 520. The van der Waals surface area contributed by atoms with Crippen LogP contribution in [0.1, 0.15) is 34.1 Å². The van der Waals surface area contributed by atoms with E-state index in [1.165, 1.54) is 6.26 Å². The minimum atomic E-state index is -0.772. The molecule has 2 aromatic rings. The Balaban J connectivity index is 2.45. The number of aliphatic hydroxyl groups is 1. The summed E-state index contributed by atoms with van der Waals surface area (Å²) in [4.78, 5) is 0. The maximum Gasteiger partial charge on any atom is 0.129 e. The molecule has 0 bridgehead atoms. The number of hydrogen-bond donors (Lipinski definition) is 1. The second-order valence-corrected chi connectivity index (χ2v) is 4.30. The van der Waals surface area contributed by atoms with Crippen molar-refractivity contribution in [2.24, 2.45) is 0 Å². The molecule has 0 aliphatic carbocycles. The lowest BCUT2D eigenvalue weighted by Crippen LogP contribution is -2.02. The van der Waals surface area contributed by atoms with Crippen LogP contribution in [0.15, 0.2) is 28.9 Å². The summed E-state index contributed by atoms with van der Waals surface area (Å²) in [7, 11) is 0. The van der Waals surface area contributed by atoms with Gasteiger partial charge in [0.25, 0.3) is 0 Å². The summed E-state index contributed by atoms with van der Waals surface area (Å²) in [5.41, 5.74) is 2.49. The Labute approximate surface area is 99.7 Å². The van der Waals surface area contributed by atoms with E-state index in [9.17, 15) is 9.50 Å². The molecular weight excluding hydrogens is 219 g/mol. The number of aryl methyl sites for hydroxylation is 3. The van der Waals surface area contributed by atoms with Crippen LogP contribution in [-0.4, -0.2) is 5.11 Å². The molecule has 1 N–H and O–H groups in total. The molecule has 0 aliphatic rings. The second kappa shape index (κ2) is 4.34. The molecule has 0 amide bonds. The van der Waals surface area contributed by atoms with E-state index in [1.807, 2.05) is 0 Å². The van der Waals surface area contributed by atoms with Gasteiger partial charge in [-0.25, -0.2) is 4.39 Å². The largest absolute Gasteiger partial charge is 0.469 e. The predicted octanol–water partition coefficient (Wildman–Crippen LogP) is 3.43. The van der Waals surface area contributed by atoms with Gasteiger partial charge >= 0.3 is 0 Å². The normalized spacial score (nSPS) is 12.8. The SMILES string of the molecule is Cc1cc(C(O)c2ccoc2C)cc(C)c1F. The third kappa shape index (κ3) is 2.11. The maximum atomic E-state index is 13.5. The molecule has 1 atom stereocenters. The van der Waals surface area contributed by atoms with Crippen molar-refractivity contribution in [1.29, 1.82) is 0 Å². The first-order valence-corrected chi connectivity index (χ1v) is 5.49. The average molecular weight is 234 g/mol. The van der Waals surface area contributed by atoms with Gasteiger partial charge in [0.05, 0.1) is 6.26 Å². The van der Waals surface area contributed by atoms with Gasteiger partial charge in [-0.3, -0.25) is 0 Å². The van der Waals surface area contributed by atoms with Crippen LogP contribution in [0, 0.1) is 26.6 Å². The summed E-state index contributed by atoms with van der Waals surface area (Å²) >= 11 is 0. The highest BCUT2D eigenvalue weighted by atomic mass is 19.1. The van der Waals surface area contributed by atoms with E-state index < -0.39 is 6.10 Å². The number of benzene rings is 1. The highest BCUT2D eigenvalue weighted by Crippen LogP contribution is 2.27. The fourth-order valence-corrected chi connectivity index (χ4v) is 2.00. The first-order chi connectivity index (χ1) is 8.00. The molecule has 2 rings (SSSR count). The predicted molar refractivity (Wildman–Crippen MR) is 63.4 cm³/mol. The van der Waals surface area contributed by atoms with Gasteiger partial charge in [0, 0.05) is 5.56 Å². The van der Waals surface area contributed by atoms with Gasteiger partial charge in [0.2, 0.25) is 0 Å². The average Bonchev–Trinajstić information content (AvgIpc) is 2.70. The van der Waals surface area contributed by atoms with E-state index in [-0.39, 0.29) is 5.82 Å². The lowest BCUT2D eigenvalue weighted by Gasteiger charge is -2.13. The zero-order chi connectivity index (χ0) is 12.6. The third-order valence-corrected chi connectivity index (χ3v) is 2.97. The van der Waals surface area contributed by atoms with Crippen molar-refractivity contribution in [2.75, 3.05) is 0 Å². The van der Waals surface area contributed by atoms with Crippen LogP contribution < -0.4 is 0 Å². The second-order valence-electron chi connectivity index (χ2n) is 4.30. The standard InChI is InChI=1S/C14H15FO2/c1-8-6-11(7-9(2)13(8)15)14(16)12-4-5-17-10(12)3/h4-7,14,16H,1-3H3. The van der Waals surface area contributed by atoms with Crippen molar-refractivity contribution in [3.05, 3.63) is 58.3 Å². The summed E-state index contributed by atoms with van der Waals surface area (Å²) < 4.78 is 18.7. The van der Waals surface area contributed by atoms with E-state index in [0.29, 0.717) is 22.5 Å². The first-order valence-electron chi connectivity index (χ1n) is 5.49. The fraction of sp³-hybridized carbons (Fsp3) is 0.286. The number of hydrogen-bond acceptors (Lipinski definition) is 2. The molecule has 1 aromatic heterocycles. The first kappa shape index (κ1) is 11.9. The summed E-state index contributed by atoms with van der Waals surface area (Å²) in [6, 6.07) is 5.06. The molecule has 1 unspecified atom stereocenters. The Morgan fingerprint density at radius 1 is 1.18 bits per heavy atom. The van der Waals surface area contributed by atoms with Gasteiger partial charge in [0.15, 0.2) is 0 Å². The molecular formula is C14H15FO2. The molecule has 0 aliphatic heterocycles. The minimum absolute atomic E-state index is 0.218. The van der Waals surface area contributed by atoms with Crippen LogP contribution in [-0.2, 0) is 0 Å². The molecule has 17 heavy (non-hydrogen) atoms. The molecule has 0 fully saturated rings. The Morgan fingerprint density at radius 3 is 2.24 bits per heavy atom. The van der Waals surface area contributed by atoms with Crippen molar-refractivity contribution in [1.82, 2.24) is 0 Å². The van der Waals surface area contributed by atoms with Gasteiger partial charge in [-0.15, -0.1) is 0 Å². The lowest BCUT2D eigenvalue weighted by molar-refractivity contribution is 0.217. The molecule has 1 aromatic carbocycles. The Morgan fingerprint density at radius 2 is 1.76 bits per heavy atom. The van der Waals surface area contributed by atoms with Crippen LogP contribution in [0.2, 0.25) is 0 Å². The summed E-state index contributed by atoms with van der Waals surface area (Å²) in [5, 5.41) is 10.2. The molecule has 0 spiro atoms. The van der Waals surface area contributed by atoms with Crippen molar-refractivity contribution in [2.45, 2.75) is 26.9 Å². The van der Waals surface area contributed by atoms with Crippen molar-refractivity contribution >= 4 is 0 Å². The molecule has 1 heterocycles. The molecule has 0 radical (unpaired) electrons. The highest BCUT2D eigenvalue weighted by Gasteiger charge is 2.16. The Hall–Kier alpha value is -1.61. The van der Waals surface area contributed by atoms with Gasteiger partial charge in [-0.05, 0) is 43.5 Å². The molecule has 2 nitrogen and oxygen atoms in total. The molecule has 0 saturated carbocycles. The minimum Gasteiger partial charge on any atom is -0.469 e. The zero-order valence-corrected chi connectivity index (χ0v) is 10.1. The topological polar surface area (TPSA) is 33.4 Å². The number of aliphatic hydroxyl groups excluding tert-OH is 1. The van der Waals surface area contributed by atoms with Gasteiger partial charge in [-0.2, -0.15) is 0 Å². The number of halogens is 1. The van der Waals surface area contributed by atoms with Crippen LogP contribution >= 0.6 is 0 Å². The highest BCUT2D eigenvalue weighted by molar-refractivity contribution is 5.37. The summed E-state index contributed by atoms with van der Waals surface area (Å²) in [6.07, 6.45) is 0.767. The van der Waals surface area contributed by atoms with Crippen molar-refractivity contribution in [3.63, 3.8) is 0 Å². The molecule has 0 saturated heterocycles. The summed E-state index contributed by atoms with van der Waals surface area (Å²) in [6.45, 7) is 5.18. The van der Waals surface area contributed by atoms with E-state index in [2.05, 4.69) is 0 Å². The number of furan rings is 1. The van der Waals surface area contributed by atoms with Crippen LogP contribution in [0.3, 0.4) is 0 Å². The summed E-state index contributed by atoms with van der Waals surface area (Å²) in [5.74, 6) is 0.460. The van der Waals surface area contributed by atoms with Crippen LogP contribution in [0.4, 0.5) is 4.39 Å². The molecule has 90 valence electrons. The van der Waals surface area contributed by atoms with Gasteiger partial charge < -0.3 is 9.52 Å². The molecule has 3 heteroatoms. The smallest absolute Gasteiger partial charge is 0.129 e. The zero-order valence-electron chi connectivity index (χ0n) is 10.1. The van der Waals surface area contributed by atoms with E-state index in [1.54, 1.807) is 39.0 Å². The van der Waals surface area contributed by atoms with E-state index in [0.717, 1.165) is 5.56 Å². The van der Waals surface area contributed by atoms with Gasteiger partial charge in [-0.1, -0.05) is 12.1 Å². The van der Waals surface area contributed by atoms with Crippen molar-refractivity contribution in [3.8, 4) is 0 Å². The van der Waals surface area contributed by atoms with Crippen molar-refractivity contribution < 1.29 is 13.9 Å². The quantitative estimate of drug-likeness (QED) is 0.863. The van der Waals surface area contributed by atoms with E-state index in [4.69, 9.17) is 4.42 Å².